The van der Waals surface area contributed by atoms with Gasteiger partial charge in [0.1, 0.15) is 5.41 Å². The summed E-state index contributed by atoms with van der Waals surface area (Å²) in [5, 5.41) is 3.51. The molecular weight excluding hydrogens is 372 g/mol. The van der Waals surface area contributed by atoms with E-state index in [0.29, 0.717) is 29.5 Å². The van der Waals surface area contributed by atoms with E-state index in [2.05, 4.69) is 29.6 Å². The highest BCUT2D eigenvalue weighted by Gasteiger charge is 2.58. The Kier molecular flexibility index (Phi) is 5.40. The molecule has 2 aromatic rings. The van der Waals surface area contributed by atoms with Gasteiger partial charge in [-0.2, -0.15) is 0 Å². The van der Waals surface area contributed by atoms with Crippen molar-refractivity contribution in [3.8, 4) is 0 Å². The van der Waals surface area contributed by atoms with Gasteiger partial charge in [0.05, 0.1) is 0 Å². The molecule has 146 valence electrons. The van der Waals surface area contributed by atoms with Crippen LogP contribution >= 0.6 is 11.6 Å². The molecule has 0 atom stereocenters. The summed E-state index contributed by atoms with van der Waals surface area (Å²) in [4.78, 5) is 27.8. The summed E-state index contributed by atoms with van der Waals surface area (Å²) in [5.41, 5.74) is 1.16. The molecule has 2 aliphatic rings. The van der Waals surface area contributed by atoms with Crippen LogP contribution in [0.15, 0.2) is 54.6 Å². The summed E-state index contributed by atoms with van der Waals surface area (Å²) in [7, 11) is 0. The van der Waals surface area contributed by atoms with Crippen LogP contribution in [0.2, 0.25) is 5.02 Å². The molecular formula is C23H25ClN2O2. The van der Waals surface area contributed by atoms with E-state index in [1.807, 2.05) is 11.0 Å². The standard InChI is InChI=1S/C23H25ClN2O2/c24-19-6-8-20(9-7-19)25-21(27)23(12-13-23)22(28)26-14-10-18(11-15-26)16-17-4-2-1-3-5-17/h1-9,18H,10-16H2,(H,25,27). The van der Waals surface area contributed by atoms with Crippen LogP contribution in [0, 0.1) is 11.3 Å². The molecule has 0 spiro atoms. The minimum atomic E-state index is -0.869. The lowest BCUT2D eigenvalue weighted by atomic mass is 9.89. The Hall–Kier alpha value is -2.33. The van der Waals surface area contributed by atoms with Crippen LogP contribution in [0.5, 0.6) is 0 Å². The number of anilines is 1. The van der Waals surface area contributed by atoms with Crippen molar-refractivity contribution in [3.05, 3.63) is 65.2 Å². The SMILES string of the molecule is O=C(Nc1ccc(Cl)cc1)C1(C(=O)N2CCC(Cc3ccccc3)CC2)CC1. The van der Waals surface area contributed by atoms with Gasteiger partial charge in [0.25, 0.3) is 0 Å². The summed E-state index contributed by atoms with van der Waals surface area (Å²) in [6.45, 7) is 1.48. The molecule has 1 aliphatic heterocycles. The van der Waals surface area contributed by atoms with Crippen molar-refractivity contribution in [2.24, 2.45) is 11.3 Å². The Bertz CT molecular complexity index is 839. The number of nitrogens with one attached hydrogen (secondary N) is 1. The smallest absolute Gasteiger partial charge is 0.240 e. The van der Waals surface area contributed by atoms with Crippen molar-refractivity contribution in [1.29, 1.82) is 0 Å². The molecule has 0 aromatic heterocycles. The quantitative estimate of drug-likeness (QED) is 0.754. The number of rotatable bonds is 5. The lowest BCUT2D eigenvalue weighted by molar-refractivity contribution is -0.143. The monoisotopic (exact) mass is 396 g/mol. The first kappa shape index (κ1) is 19.0. The van der Waals surface area contributed by atoms with E-state index in [-0.39, 0.29) is 11.8 Å². The number of hydrogen-bond donors (Lipinski definition) is 1. The van der Waals surface area contributed by atoms with Gasteiger partial charge in [-0.3, -0.25) is 9.59 Å². The Labute approximate surface area is 170 Å². The van der Waals surface area contributed by atoms with Gasteiger partial charge in [-0.1, -0.05) is 41.9 Å². The number of hydrogen-bond acceptors (Lipinski definition) is 2. The molecule has 28 heavy (non-hydrogen) atoms. The number of likely N-dealkylation sites (tertiary alicyclic amines) is 1. The molecule has 1 aliphatic carbocycles. The van der Waals surface area contributed by atoms with Crippen molar-refractivity contribution >= 4 is 29.1 Å². The molecule has 1 saturated heterocycles. The van der Waals surface area contributed by atoms with Gasteiger partial charge in [-0.05, 0) is 67.9 Å². The van der Waals surface area contributed by atoms with Crippen LogP contribution in [0.4, 0.5) is 5.69 Å². The number of amides is 2. The number of piperidine rings is 1. The van der Waals surface area contributed by atoms with Gasteiger partial charge < -0.3 is 10.2 Å². The Morgan fingerprint density at radius 2 is 1.64 bits per heavy atom. The van der Waals surface area contributed by atoms with Crippen LogP contribution in [-0.2, 0) is 16.0 Å². The maximum absolute atomic E-state index is 13.1. The highest BCUT2D eigenvalue weighted by molar-refractivity contribution is 6.30. The average molecular weight is 397 g/mol. The van der Waals surface area contributed by atoms with Gasteiger partial charge in [0.15, 0.2) is 0 Å². The highest BCUT2D eigenvalue weighted by atomic mass is 35.5. The first-order valence-electron chi connectivity index (χ1n) is 9.97. The zero-order chi connectivity index (χ0) is 19.6. The highest BCUT2D eigenvalue weighted by Crippen LogP contribution is 2.48. The van der Waals surface area contributed by atoms with Crippen LogP contribution in [0.3, 0.4) is 0 Å². The normalized spacial score (nSPS) is 18.5. The first-order chi connectivity index (χ1) is 13.6. The van der Waals surface area contributed by atoms with Gasteiger partial charge in [-0.25, -0.2) is 0 Å². The summed E-state index contributed by atoms with van der Waals surface area (Å²) >= 11 is 5.89. The fourth-order valence-electron chi connectivity index (χ4n) is 4.04. The fourth-order valence-corrected chi connectivity index (χ4v) is 4.16. The lowest BCUT2D eigenvalue weighted by Gasteiger charge is -2.34. The maximum Gasteiger partial charge on any atom is 0.240 e. The predicted molar refractivity (Wildman–Crippen MR) is 111 cm³/mol. The maximum atomic E-state index is 13.1. The van der Waals surface area contributed by atoms with Gasteiger partial charge in [0, 0.05) is 23.8 Å². The molecule has 0 bridgehead atoms. The molecule has 2 amide bonds. The van der Waals surface area contributed by atoms with E-state index < -0.39 is 5.41 Å². The second-order valence-electron chi connectivity index (χ2n) is 7.97. The van der Waals surface area contributed by atoms with Crippen LogP contribution in [0.1, 0.15) is 31.2 Å². The number of carbonyl (C=O) groups excluding carboxylic acids is 2. The number of nitrogens with zero attached hydrogens (tertiary/aromatic N) is 1. The second kappa shape index (κ2) is 7.96. The van der Waals surface area contributed by atoms with Crippen LogP contribution < -0.4 is 5.32 Å². The van der Waals surface area contributed by atoms with Crippen molar-refractivity contribution in [2.75, 3.05) is 18.4 Å². The Morgan fingerprint density at radius 1 is 1.00 bits per heavy atom. The Balaban J connectivity index is 1.33. The molecule has 0 unspecified atom stereocenters. The summed E-state index contributed by atoms with van der Waals surface area (Å²) in [5.74, 6) is 0.410. The van der Waals surface area contributed by atoms with Crippen molar-refractivity contribution < 1.29 is 9.59 Å². The fraction of sp³-hybridized carbons (Fsp3) is 0.391. The van der Waals surface area contributed by atoms with Crippen molar-refractivity contribution in [3.63, 3.8) is 0 Å². The van der Waals surface area contributed by atoms with E-state index >= 15 is 0 Å². The summed E-state index contributed by atoms with van der Waals surface area (Å²) in [6.07, 6.45) is 4.32. The summed E-state index contributed by atoms with van der Waals surface area (Å²) in [6, 6.07) is 17.5. The molecule has 4 rings (SSSR count). The molecule has 5 heteroatoms. The van der Waals surface area contributed by atoms with E-state index in [9.17, 15) is 9.59 Å². The zero-order valence-electron chi connectivity index (χ0n) is 15.9. The second-order valence-corrected chi connectivity index (χ2v) is 8.40. The predicted octanol–water partition coefficient (Wildman–Crippen LogP) is 4.54. The molecule has 0 radical (unpaired) electrons. The molecule has 1 N–H and O–H groups in total. The van der Waals surface area contributed by atoms with E-state index in [1.165, 1.54) is 5.56 Å². The molecule has 2 aromatic carbocycles. The third kappa shape index (κ3) is 4.07. The van der Waals surface area contributed by atoms with E-state index in [4.69, 9.17) is 11.6 Å². The average Bonchev–Trinajstić information content (AvgIpc) is 3.53. The molecule has 1 saturated carbocycles. The first-order valence-corrected chi connectivity index (χ1v) is 10.3. The molecule has 2 fully saturated rings. The van der Waals surface area contributed by atoms with E-state index in [1.54, 1.807) is 24.3 Å². The topological polar surface area (TPSA) is 49.4 Å². The number of benzene rings is 2. The van der Waals surface area contributed by atoms with Crippen LogP contribution in [0.25, 0.3) is 0 Å². The van der Waals surface area contributed by atoms with Gasteiger partial charge in [-0.15, -0.1) is 0 Å². The molecule has 1 heterocycles. The van der Waals surface area contributed by atoms with Crippen molar-refractivity contribution in [1.82, 2.24) is 4.90 Å². The third-order valence-corrected chi connectivity index (χ3v) is 6.22. The number of halogens is 1. The minimum Gasteiger partial charge on any atom is -0.342 e. The minimum absolute atomic E-state index is 0.00266. The third-order valence-electron chi connectivity index (χ3n) is 5.97. The molecule has 4 nitrogen and oxygen atoms in total. The summed E-state index contributed by atoms with van der Waals surface area (Å²) < 4.78 is 0. The van der Waals surface area contributed by atoms with Crippen molar-refractivity contribution in [2.45, 2.75) is 32.1 Å². The Morgan fingerprint density at radius 3 is 2.25 bits per heavy atom. The lowest BCUT2D eigenvalue weighted by Crippen LogP contribution is -2.46. The van der Waals surface area contributed by atoms with E-state index in [0.717, 1.165) is 32.4 Å². The van der Waals surface area contributed by atoms with Crippen LogP contribution in [-0.4, -0.2) is 29.8 Å². The van der Waals surface area contributed by atoms with Gasteiger partial charge >= 0.3 is 0 Å². The van der Waals surface area contributed by atoms with Gasteiger partial charge in [0.2, 0.25) is 11.8 Å². The largest absolute Gasteiger partial charge is 0.342 e. The zero-order valence-corrected chi connectivity index (χ0v) is 16.6. The number of carbonyl (C=O) groups is 2.